The smallest absolute Gasteiger partial charge is 0.305 e. The minimum Gasteiger partial charge on any atom is -0.466 e. The molecule has 0 heterocycles. The van der Waals surface area contributed by atoms with Crippen LogP contribution in [0.1, 0.15) is 348 Å². The molecule has 1 amide bonds. The van der Waals surface area contributed by atoms with Crippen molar-refractivity contribution in [2.24, 2.45) is 0 Å². The molecule has 0 rings (SSSR count). The molecule has 0 aliphatic carbocycles. The lowest BCUT2D eigenvalue weighted by Gasteiger charge is -2.20. The van der Waals surface area contributed by atoms with Crippen LogP contribution in [0.15, 0.2) is 48.6 Å². The van der Waals surface area contributed by atoms with Gasteiger partial charge in [0.1, 0.15) is 0 Å². The molecule has 0 radical (unpaired) electrons. The van der Waals surface area contributed by atoms with E-state index < -0.39 is 12.1 Å². The van der Waals surface area contributed by atoms with Crippen LogP contribution >= 0.6 is 0 Å². The maximum atomic E-state index is 12.5. The molecule has 6 heteroatoms. The van der Waals surface area contributed by atoms with Gasteiger partial charge in [0.05, 0.1) is 25.4 Å². The molecule has 0 saturated carbocycles. The molecule has 3 N–H and O–H groups in total. The van der Waals surface area contributed by atoms with Crippen molar-refractivity contribution in [2.45, 2.75) is 360 Å². The summed E-state index contributed by atoms with van der Waals surface area (Å²) in [6.07, 6.45) is 81.6. The normalized spacial score (nSPS) is 12.9. The Morgan fingerprint density at radius 2 is 0.676 bits per heavy atom. The number of rotatable bonds is 61. The Morgan fingerprint density at radius 1 is 0.378 bits per heavy atom. The van der Waals surface area contributed by atoms with Crippen LogP contribution in [0.2, 0.25) is 0 Å². The molecule has 0 aliphatic rings. The van der Waals surface area contributed by atoms with Gasteiger partial charge in [0.25, 0.3) is 0 Å². The van der Waals surface area contributed by atoms with Crippen LogP contribution in [-0.2, 0) is 14.3 Å². The molecule has 0 fully saturated rings. The van der Waals surface area contributed by atoms with E-state index in [9.17, 15) is 19.8 Å². The lowest BCUT2D eigenvalue weighted by molar-refractivity contribution is -0.143. The summed E-state index contributed by atoms with van der Waals surface area (Å²) < 4.78 is 5.49. The zero-order valence-electron chi connectivity index (χ0n) is 49.6. The van der Waals surface area contributed by atoms with E-state index in [0.717, 1.165) is 57.8 Å². The van der Waals surface area contributed by atoms with Gasteiger partial charge in [-0.15, -0.1) is 0 Å². The topological polar surface area (TPSA) is 95.9 Å². The Hall–Kier alpha value is -2.18. The summed E-state index contributed by atoms with van der Waals surface area (Å²) in [4.78, 5) is 24.6. The molecule has 74 heavy (non-hydrogen) atoms. The molecule has 2 unspecified atom stereocenters. The monoisotopic (exact) mass is 1040 g/mol. The number of carbonyl (C=O) groups excluding carboxylic acids is 2. The molecule has 0 aliphatic heterocycles. The van der Waals surface area contributed by atoms with E-state index in [1.165, 1.54) is 263 Å². The second-order valence-corrected chi connectivity index (χ2v) is 22.4. The standard InChI is InChI=1S/C68H127NO5/c1-3-5-7-9-11-13-15-17-19-28-32-36-40-44-48-52-56-60-66(71)65(64-70)69-67(72)61-57-53-49-45-41-37-33-30-26-24-22-21-23-25-27-31-35-39-43-47-51-55-59-63-74-68(73)62-58-54-50-46-42-38-34-29-20-18-16-14-12-10-8-6-4-2/h12,14,18,20,24,26,56,60,65-66,70-71H,3-11,13,15-17,19,21-23,25,27-55,57-59,61-64H2,1-2H3,(H,69,72)/b14-12-,20-18-,26-24-,60-56+. The summed E-state index contributed by atoms with van der Waals surface area (Å²) in [6, 6.07) is -0.634. The third-order valence-electron chi connectivity index (χ3n) is 15.1. The highest BCUT2D eigenvalue weighted by molar-refractivity contribution is 5.76. The molecule has 0 aromatic rings. The first-order valence-corrected chi connectivity index (χ1v) is 32.9. The van der Waals surface area contributed by atoms with E-state index in [0.29, 0.717) is 19.4 Å². The number of ether oxygens (including phenoxy) is 1. The van der Waals surface area contributed by atoms with Crippen molar-refractivity contribution in [3.63, 3.8) is 0 Å². The van der Waals surface area contributed by atoms with Gasteiger partial charge in [-0.05, 0) is 89.9 Å². The molecule has 0 aromatic heterocycles. The van der Waals surface area contributed by atoms with Crippen LogP contribution in [0.3, 0.4) is 0 Å². The second-order valence-electron chi connectivity index (χ2n) is 22.4. The highest BCUT2D eigenvalue weighted by Gasteiger charge is 2.18. The van der Waals surface area contributed by atoms with Gasteiger partial charge >= 0.3 is 5.97 Å². The van der Waals surface area contributed by atoms with Gasteiger partial charge in [0.15, 0.2) is 0 Å². The number of nitrogens with one attached hydrogen (secondary N) is 1. The number of aliphatic hydroxyl groups excluding tert-OH is 2. The first-order chi connectivity index (χ1) is 36.5. The van der Waals surface area contributed by atoms with Gasteiger partial charge < -0.3 is 20.3 Å². The van der Waals surface area contributed by atoms with Crippen molar-refractivity contribution in [2.75, 3.05) is 13.2 Å². The summed E-state index contributed by atoms with van der Waals surface area (Å²) in [5.41, 5.74) is 0. The molecular weight excluding hydrogens is 911 g/mol. The van der Waals surface area contributed by atoms with E-state index in [1.807, 2.05) is 6.08 Å². The summed E-state index contributed by atoms with van der Waals surface area (Å²) >= 11 is 0. The number of hydrogen-bond acceptors (Lipinski definition) is 5. The van der Waals surface area contributed by atoms with Crippen molar-refractivity contribution in [3.8, 4) is 0 Å². The van der Waals surface area contributed by atoms with Crippen LogP contribution in [0.5, 0.6) is 0 Å². The first kappa shape index (κ1) is 71.8. The van der Waals surface area contributed by atoms with Gasteiger partial charge in [-0.3, -0.25) is 9.59 Å². The summed E-state index contributed by atoms with van der Waals surface area (Å²) in [5, 5.41) is 23.2. The lowest BCUT2D eigenvalue weighted by Crippen LogP contribution is -2.45. The maximum absolute atomic E-state index is 12.5. The van der Waals surface area contributed by atoms with Crippen molar-refractivity contribution >= 4 is 11.9 Å². The van der Waals surface area contributed by atoms with E-state index in [-0.39, 0.29) is 18.5 Å². The molecule has 0 spiro atoms. The van der Waals surface area contributed by atoms with Crippen molar-refractivity contribution < 1.29 is 24.5 Å². The number of amides is 1. The maximum Gasteiger partial charge on any atom is 0.305 e. The van der Waals surface area contributed by atoms with Crippen LogP contribution in [0.25, 0.3) is 0 Å². The van der Waals surface area contributed by atoms with Gasteiger partial charge in [-0.25, -0.2) is 0 Å². The summed E-state index contributed by atoms with van der Waals surface area (Å²) in [7, 11) is 0. The minimum absolute atomic E-state index is 0.00316. The fourth-order valence-electron chi connectivity index (χ4n) is 10.0. The van der Waals surface area contributed by atoms with Gasteiger partial charge in [-0.2, -0.15) is 0 Å². The highest BCUT2D eigenvalue weighted by atomic mass is 16.5. The number of hydrogen-bond donors (Lipinski definition) is 3. The average molecular weight is 1040 g/mol. The minimum atomic E-state index is -0.849. The Labute approximate surface area is 461 Å². The van der Waals surface area contributed by atoms with Crippen molar-refractivity contribution in [1.82, 2.24) is 5.32 Å². The van der Waals surface area contributed by atoms with E-state index >= 15 is 0 Å². The highest BCUT2D eigenvalue weighted by Crippen LogP contribution is 2.17. The van der Waals surface area contributed by atoms with Crippen LogP contribution in [-0.4, -0.2) is 47.4 Å². The van der Waals surface area contributed by atoms with Crippen molar-refractivity contribution in [3.05, 3.63) is 48.6 Å². The average Bonchev–Trinajstić information content (AvgIpc) is 3.40. The third kappa shape index (κ3) is 59.1. The Balaban J connectivity index is 3.43. The fourth-order valence-corrected chi connectivity index (χ4v) is 10.0. The quantitative estimate of drug-likeness (QED) is 0.0320. The number of esters is 1. The van der Waals surface area contributed by atoms with Gasteiger partial charge in [0, 0.05) is 12.8 Å². The van der Waals surface area contributed by atoms with Gasteiger partial charge in [0.2, 0.25) is 5.91 Å². The van der Waals surface area contributed by atoms with Crippen LogP contribution in [0, 0.1) is 0 Å². The predicted octanol–water partition coefficient (Wildman–Crippen LogP) is 20.9. The van der Waals surface area contributed by atoms with E-state index in [2.05, 4.69) is 55.6 Å². The Morgan fingerprint density at radius 3 is 1.07 bits per heavy atom. The molecular formula is C68H127NO5. The molecule has 0 aromatic carbocycles. The number of aliphatic hydroxyl groups is 2. The summed E-state index contributed by atoms with van der Waals surface area (Å²) in [5.74, 6) is -0.0697. The molecule has 0 saturated heterocycles. The zero-order chi connectivity index (χ0) is 53.6. The van der Waals surface area contributed by atoms with Crippen LogP contribution in [0.4, 0.5) is 0 Å². The largest absolute Gasteiger partial charge is 0.466 e. The molecule has 0 bridgehead atoms. The zero-order valence-corrected chi connectivity index (χ0v) is 49.6. The SMILES string of the molecule is CCCCC/C=C\C/C=C\CCCCCCCCCC(=O)OCCCCCCCCCCCCCC/C=C\CCCCCCCCCC(=O)NC(CO)C(O)/C=C/CCCCCCCCCCCCCCCCC. The Bertz CT molecular complexity index is 1240. The number of unbranched alkanes of at least 4 members (excludes halogenated alkanes) is 44. The number of carbonyl (C=O) groups is 2. The Kier molecular flexibility index (Phi) is 61.5. The first-order valence-electron chi connectivity index (χ1n) is 32.9. The molecule has 434 valence electrons. The predicted molar refractivity (Wildman–Crippen MR) is 324 cm³/mol. The van der Waals surface area contributed by atoms with Gasteiger partial charge in [-0.1, -0.05) is 294 Å². The van der Waals surface area contributed by atoms with Crippen LogP contribution < -0.4 is 5.32 Å². The molecule has 6 nitrogen and oxygen atoms in total. The second kappa shape index (κ2) is 63.4. The molecule has 2 atom stereocenters. The lowest BCUT2D eigenvalue weighted by atomic mass is 10.0. The third-order valence-corrected chi connectivity index (χ3v) is 15.1. The van der Waals surface area contributed by atoms with E-state index in [4.69, 9.17) is 4.74 Å². The number of allylic oxidation sites excluding steroid dienone is 7. The van der Waals surface area contributed by atoms with E-state index in [1.54, 1.807) is 6.08 Å². The van der Waals surface area contributed by atoms with Crippen molar-refractivity contribution in [1.29, 1.82) is 0 Å². The summed E-state index contributed by atoms with van der Waals surface area (Å²) in [6.45, 7) is 4.89. The fraction of sp³-hybridized carbons (Fsp3) is 0.853.